The van der Waals surface area contributed by atoms with Gasteiger partial charge in [-0.25, -0.2) is 4.79 Å². The van der Waals surface area contributed by atoms with Crippen molar-refractivity contribution in [1.82, 2.24) is 5.32 Å². The van der Waals surface area contributed by atoms with E-state index in [1.54, 1.807) is 0 Å². The van der Waals surface area contributed by atoms with Gasteiger partial charge in [0.15, 0.2) is 17.7 Å². The highest BCUT2D eigenvalue weighted by Gasteiger charge is 2.26. The predicted octanol–water partition coefficient (Wildman–Crippen LogP) is 6.37. The van der Waals surface area contributed by atoms with Gasteiger partial charge in [0.1, 0.15) is 0 Å². The Bertz CT molecular complexity index is 1460. The van der Waals surface area contributed by atoms with Crippen LogP contribution in [0.1, 0.15) is 80.2 Å². The van der Waals surface area contributed by atoms with Gasteiger partial charge in [0.25, 0.3) is 5.91 Å². The van der Waals surface area contributed by atoms with Gasteiger partial charge < -0.3 is 15.5 Å². The van der Waals surface area contributed by atoms with Crippen molar-refractivity contribution in [2.45, 2.75) is 44.1 Å². The molecule has 4 rings (SSSR count). The van der Waals surface area contributed by atoms with Gasteiger partial charge in [-0.2, -0.15) is 0 Å². The number of carboxylic acids is 1. The number of carbonyl (C=O) groups is 4. The van der Waals surface area contributed by atoms with Crippen molar-refractivity contribution in [1.29, 1.82) is 0 Å². The maximum Gasteiger partial charge on any atom is 0.334 e. The summed E-state index contributed by atoms with van der Waals surface area (Å²) in [4.78, 5) is 50.2. The van der Waals surface area contributed by atoms with Crippen LogP contribution in [0, 0.1) is 0 Å². The van der Waals surface area contributed by atoms with Crippen LogP contribution in [0.2, 0.25) is 10.0 Å². The van der Waals surface area contributed by atoms with Crippen molar-refractivity contribution in [3.63, 3.8) is 0 Å². The molecule has 0 saturated heterocycles. The maximum absolute atomic E-state index is 13.8. The van der Waals surface area contributed by atoms with Gasteiger partial charge in [-0.05, 0) is 72.7 Å². The number of ketones is 2. The molecule has 2 unspecified atom stereocenters. The first-order chi connectivity index (χ1) is 19.6. The lowest BCUT2D eigenvalue weighted by Gasteiger charge is -2.18. The van der Waals surface area contributed by atoms with Crippen LogP contribution < -0.4 is 5.32 Å². The highest BCUT2D eigenvalue weighted by molar-refractivity contribution is 6.35. The zero-order valence-electron chi connectivity index (χ0n) is 22.1. The van der Waals surface area contributed by atoms with Gasteiger partial charge in [-0.15, -0.1) is 0 Å². The molecule has 3 N–H and O–H groups in total. The molecule has 0 heterocycles. The fraction of sp³-hybridized carbons (Fsp3) is 0.250. The van der Waals surface area contributed by atoms with Crippen LogP contribution in [-0.2, 0) is 4.79 Å². The van der Waals surface area contributed by atoms with Gasteiger partial charge in [-0.3, -0.25) is 14.4 Å². The molecule has 3 aromatic rings. The van der Waals surface area contributed by atoms with Gasteiger partial charge in [0.2, 0.25) is 0 Å². The van der Waals surface area contributed by atoms with Crippen molar-refractivity contribution in [3.05, 3.63) is 111 Å². The lowest BCUT2D eigenvalue weighted by Crippen LogP contribution is -2.36. The second kappa shape index (κ2) is 13.7. The van der Waals surface area contributed by atoms with Crippen LogP contribution in [0.4, 0.5) is 0 Å². The fourth-order valence-electron chi connectivity index (χ4n) is 4.78. The Balaban J connectivity index is 1.59. The second-order valence-electron chi connectivity index (χ2n) is 9.94. The quantitative estimate of drug-likeness (QED) is 0.222. The summed E-state index contributed by atoms with van der Waals surface area (Å²) >= 11 is 12.2. The number of rotatable bonds is 11. The smallest absolute Gasteiger partial charge is 0.334 e. The van der Waals surface area contributed by atoms with Crippen molar-refractivity contribution in [2.24, 2.45) is 0 Å². The molecule has 1 amide bonds. The average Bonchev–Trinajstić information content (AvgIpc) is 2.98. The van der Waals surface area contributed by atoms with E-state index >= 15 is 0 Å². The van der Waals surface area contributed by atoms with E-state index in [9.17, 15) is 24.3 Å². The SMILES string of the molecule is O=C(CC(C(=O)c1ccc(C(=O)NCC(O)C(=O)O)cc1)c1ccc(C2=CCCCC2)cc1)c1cc(Cl)cc(Cl)c1. The number of halogens is 2. The van der Waals surface area contributed by atoms with E-state index in [2.05, 4.69) is 11.4 Å². The highest BCUT2D eigenvalue weighted by atomic mass is 35.5. The Labute approximate surface area is 247 Å². The van der Waals surface area contributed by atoms with Crippen LogP contribution in [0.3, 0.4) is 0 Å². The van der Waals surface area contributed by atoms with E-state index in [1.165, 1.54) is 54.5 Å². The summed E-state index contributed by atoms with van der Waals surface area (Å²) in [7, 11) is 0. The van der Waals surface area contributed by atoms with Crippen molar-refractivity contribution >= 4 is 52.2 Å². The normalized spacial score (nSPS) is 14.5. The van der Waals surface area contributed by atoms with Crippen LogP contribution in [-0.4, -0.2) is 46.3 Å². The summed E-state index contributed by atoms with van der Waals surface area (Å²) in [5, 5.41) is 21.1. The molecule has 3 aromatic carbocycles. The first kappa shape index (κ1) is 30.2. The zero-order valence-corrected chi connectivity index (χ0v) is 23.6. The van der Waals surface area contributed by atoms with E-state index < -0.39 is 30.4 Å². The molecule has 0 aromatic heterocycles. The molecule has 0 spiro atoms. The molecular formula is C32H29Cl2NO6. The molecule has 41 heavy (non-hydrogen) atoms. The number of allylic oxidation sites excluding steroid dienone is 2. The van der Waals surface area contributed by atoms with E-state index in [4.69, 9.17) is 28.3 Å². The average molecular weight is 594 g/mol. The molecule has 1 aliphatic rings. The van der Waals surface area contributed by atoms with E-state index in [1.807, 2.05) is 24.3 Å². The minimum absolute atomic E-state index is 0.118. The summed E-state index contributed by atoms with van der Waals surface area (Å²) in [5.74, 6) is -3.44. The molecule has 1 aliphatic carbocycles. The minimum atomic E-state index is -1.73. The molecule has 0 aliphatic heterocycles. The number of aliphatic hydroxyl groups is 1. The number of carbonyl (C=O) groups excluding carboxylic acids is 3. The highest BCUT2D eigenvalue weighted by Crippen LogP contribution is 2.31. The van der Waals surface area contributed by atoms with E-state index in [-0.39, 0.29) is 23.6 Å². The van der Waals surface area contributed by atoms with E-state index in [0.29, 0.717) is 26.7 Å². The Morgan fingerprint density at radius 2 is 1.46 bits per heavy atom. The Morgan fingerprint density at radius 3 is 2.05 bits per heavy atom. The Morgan fingerprint density at radius 1 is 0.829 bits per heavy atom. The van der Waals surface area contributed by atoms with Crippen LogP contribution in [0.5, 0.6) is 0 Å². The van der Waals surface area contributed by atoms with Gasteiger partial charge in [0, 0.05) is 33.2 Å². The number of aliphatic carboxylic acids is 1. The Hall–Kier alpha value is -3.78. The van der Waals surface area contributed by atoms with Crippen molar-refractivity contribution < 1.29 is 29.4 Å². The molecular weight excluding hydrogens is 565 g/mol. The summed E-state index contributed by atoms with van der Waals surface area (Å²) < 4.78 is 0. The molecule has 7 nitrogen and oxygen atoms in total. The standard InChI is InChI=1S/C32H29Cl2NO6/c33-25-14-24(15-26(34)16-25)28(36)17-27(21-8-6-20(7-9-21)19-4-2-1-3-5-19)30(38)22-10-12-23(13-11-22)31(39)35-18-29(37)32(40)41/h4,6-16,27,29,37H,1-3,5,17-18H2,(H,35,39)(H,40,41). The summed E-state index contributed by atoms with van der Waals surface area (Å²) in [6.07, 6.45) is 4.76. The molecule has 212 valence electrons. The van der Waals surface area contributed by atoms with Gasteiger partial charge in [-0.1, -0.05) is 65.7 Å². The number of benzene rings is 3. The van der Waals surface area contributed by atoms with Crippen molar-refractivity contribution in [3.8, 4) is 0 Å². The third kappa shape index (κ3) is 7.91. The summed E-state index contributed by atoms with van der Waals surface area (Å²) in [6, 6.07) is 18.1. The fourth-order valence-corrected chi connectivity index (χ4v) is 5.30. The summed E-state index contributed by atoms with van der Waals surface area (Å²) in [6.45, 7) is -0.459. The maximum atomic E-state index is 13.8. The molecule has 9 heteroatoms. The number of aliphatic hydroxyl groups excluding tert-OH is 1. The van der Waals surface area contributed by atoms with Crippen LogP contribution in [0.25, 0.3) is 5.57 Å². The number of Topliss-reactive ketones (excluding diaryl/α,β-unsaturated/α-hetero) is 2. The predicted molar refractivity (Wildman–Crippen MR) is 158 cm³/mol. The van der Waals surface area contributed by atoms with E-state index in [0.717, 1.165) is 24.8 Å². The third-order valence-electron chi connectivity index (χ3n) is 7.04. The number of amides is 1. The van der Waals surface area contributed by atoms with Gasteiger partial charge >= 0.3 is 5.97 Å². The zero-order chi connectivity index (χ0) is 29.5. The Kier molecular flexibility index (Phi) is 10.1. The van der Waals surface area contributed by atoms with Crippen LogP contribution in [0.15, 0.2) is 72.8 Å². The largest absolute Gasteiger partial charge is 0.479 e. The molecule has 2 atom stereocenters. The van der Waals surface area contributed by atoms with Crippen LogP contribution >= 0.6 is 23.2 Å². The summed E-state index contributed by atoms with van der Waals surface area (Å²) in [5.41, 5.74) is 3.84. The molecule has 0 radical (unpaired) electrons. The first-order valence-corrected chi connectivity index (χ1v) is 14.0. The third-order valence-corrected chi connectivity index (χ3v) is 7.47. The number of hydrogen-bond acceptors (Lipinski definition) is 5. The van der Waals surface area contributed by atoms with Crippen molar-refractivity contribution in [2.75, 3.05) is 6.54 Å². The molecule has 0 bridgehead atoms. The number of nitrogens with one attached hydrogen (secondary N) is 1. The first-order valence-electron chi connectivity index (χ1n) is 13.2. The number of hydrogen-bond donors (Lipinski definition) is 3. The van der Waals surface area contributed by atoms with Gasteiger partial charge in [0.05, 0.1) is 12.5 Å². The topological polar surface area (TPSA) is 121 Å². The lowest BCUT2D eigenvalue weighted by atomic mass is 9.84. The lowest BCUT2D eigenvalue weighted by molar-refractivity contribution is -0.146. The number of carboxylic acid groups (broad SMARTS) is 1. The molecule has 0 fully saturated rings. The monoisotopic (exact) mass is 593 g/mol. The second-order valence-corrected chi connectivity index (χ2v) is 10.8. The molecule has 0 saturated carbocycles. The minimum Gasteiger partial charge on any atom is -0.479 e.